The van der Waals surface area contributed by atoms with E-state index in [0.29, 0.717) is 30.4 Å². The van der Waals surface area contributed by atoms with Crippen LogP contribution in [0.5, 0.6) is 17.2 Å². The lowest BCUT2D eigenvalue weighted by Gasteiger charge is -2.32. The highest BCUT2D eigenvalue weighted by Gasteiger charge is 2.24. The number of rotatable bonds is 6. The number of likely N-dealkylation sites (tertiary alicyclic amines) is 1. The van der Waals surface area contributed by atoms with E-state index in [4.69, 9.17) is 18.9 Å². The molecule has 0 aliphatic carbocycles. The van der Waals surface area contributed by atoms with Gasteiger partial charge in [0.1, 0.15) is 5.75 Å². The van der Waals surface area contributed by atoms with Crippen LogP contribution in [-0.2, 0) is 16.1 Å². The predicted molar refractivity (Wildman–Crippen MR) is 96.7 cm³/mol. The van der Waals surface area contributed by atoms with Gasteiger partial charge in [-0.1, -0.05) is 6.07 Å². The third-order valence-electron chi connectivity index (χ3n) is 4.65. The summed E-state index contributed by atoms with van der Waals surface area (Å²) in [6, 6.07) is 9.18. The Bertz CT molecular complexity index is 783. The molecule has 4 rings (SSSR count). The molecule has 142 valence electrons. The van der Waals surface area contributed by atoms with Gasteiger partial charge in [-0.15, -0.1) is 0 Å². The monoisotopic (exact) mass is 370 g/mol. The van der Waals surface area contributed by atoms with E-state index in [9.17, 15) is 4.79 Å². The molecule has 3 heterocycles. The summed E-state index contributed by atoms with van der Waals surface area (Å²) in [5.74, 6) is 1.89. The number of pyridine rings is 1. The Kier molecular flexibility index (Phi) is 5.39. The van der Waals surface area contributed by atoms with Crippen LogP contribution >= 0.6 is 0 Å². The van der Waals surface area contributed by atoms with E-state index >= 15 is 0 Å². The van der Waals surface area contributed by atoms with Crippen LogP contribution in [0.3, 0.4) is 0 Å². The summed E-state index contributed by atoms with van der Waals surface area (Å²) in [7, 11) is 0. The summed E-state index contributed by atoms with van der Waals surface area (Å²) < 4.78 is 22.2. The Labute approximate surface area is 157 Å². The number of ether oxygens (including phenoxy) is 4. The summed E-state index contributed by atoms with van der Waals surface area (Å²) in [5, 5.41) is 0. The largest absolute Gasteiger partial charge is 0.484 e. The number of fused-ring (bicyclic) bond motifs is 1. The molecule has 1 amide bonds. The number of amides is 1. The van der Waals surface area contributed by atoms with Crippen LogP contribution in [0.25, 0.3) is 0 Å². The van der Waals surface area contributed by atoms with Gasteiger partial charge in [0.05, 0.1) is 12.7 Å². The normalized spacial score (nSPS) is 18.4. The first-order chi connectivity index (χ1) is 13.3. The molecule has 0 unspecified atom stereocenters. The van der Waals surface area contributed by atoms with Crippen LogP contribution in [0.1, 0.15) is 18.4 Å². The van der Waals surface area contributed by atoms with Crippen LogP contribution in [0, 0.1) is 0 Å². The molecule has 1 aromatic carbocycles. The van der Waals surface area contributed by atoms with Crippen LogP contribution in [0.4, 0.5) is 0 Å². The Morgan fingerprint density at radius 1 is 1.26 bits per heavy atom. The zero-order valence-electron chi connectivity index (χ0n) is 15.0. The number of carbonyl (C=O) groups excluding carboxylic acids is 1. The summed E-state index contributed by atoms with van der Waals surface area (Å²) in [5.41, 5.74) is 1.03. The predicted octanol–water partition coefficient (Wildman–Crippen LogP) is 2.40. The van der Waals surface area contributed by atoms with Crippen molar-refractivity contribution in [1.82, 2.24) is 9.88 Å². The van der Waals surface area contributed by atoms with Gasteiger partial charge in [-0.05, 0) is 36.6 Å². The molecule has 2 aromatic rings. The minimum absolute atomic E-state index is 0.00499. The number of carbonyl (C=O) groups is 1. The van der Waals surface area contributed by atoms with Gasteiger partial charge >= 0.3 is 0 Å². The molecule has 1 fully saturated rings. The van der Waals surface area contributed by atoms with Crippen molar-refractivity contribution in [2.24, 2.45) is 0 Å². The molecule has 7 nitrogen and oxygen atoms in total. The standard InChI is InChI=1S/C20H22N2O5/c23-20(13-25-16-5-6-18-19(9-16)27-14-26-18)22-8-2-4-17(11-22)24-12-15-3-1-7-21-10-15/h1,3,5-7,9-10,17H,2,4,8,11-14H2/t17-/m0/s1. The smallest absolute Gasteiger partial charge is 0.260 e. The fourth-order valence-electron chi connectivity index (χ4n) is 3.20. The maximum atomic E-state index is 12.5. The highest BCUT2D eigenvalue weighted by molar-refractivity contribution is 5.78. The summed E-state index contributed by atoms with van der Waals surface area (Å²) in [6.07, 6.45) is 5.45. The van der Waals surface area contributed by atoms with Crippen molar-refractivity contribution in [1.29, 1.82) is 0 Å². The van der Waals surface area contributed by atoms with E-state index in [1.807, 2.05) is 17.0 Å². The van der Waals surface area contributed by atoms with Crippen molar-refractivity contribution < 1.29 is 23.7 Å². The lowest BCUT2D eigenvalue weighted by Crippen LogP contribution is -2.45. The van der Waals surface area contributed by atoms with E-state index in [1.54, 1.807) is 30.6 Å². The second-order valence-electron chi connectivity index (χ2n) is 6.58. The fraction of sp³-hybridized carbons (Fsp3) is 0.400. The molecule has 2 aliphatic rings. The van der Waals surface area contributed by atoms with Gasteiger partial charge in [0, 0.05) is 31.5 Å². The van der Waals surface area contributed by atoms with E-state index < -0.39 is 0 Å². The highest BCUT2D eigenvalue weighted by Crippen LogP contribution is 2.35. The maximum absolute atomic E-state index is 12.5. The number of nitrogens with zero attached hydrogens (tertiary/aromatic N) is 2. The van der Waals surface area contributed by atoms with E-state index in [0.717, 1.165) is 24.9 Å². The quantitative estimate of drug-likeness (QED) is 0.778. The minimum Gasteiger partial charge on any atom is -0.484 e. The lowest BCUT2D eigenvalue weighted by molar-refractivity contribution is -0.137. The molecular formula is C20H22N2O5. The first kappa shape index (κ1) is 17.6. The lowest BCUT2D eigenvalue weighted by atomic mass is 10.1. The Balaban J connectivity index is 1.25. The highest BCUT2D eigenvalue weighted by atomic mass is 16.7. The molecule has 0 saturated carbocycles. The van der Waals surface area contributed by atoms with Crippen molar-refractivity contribution in [3.63, 3.8) is 0 Å². The molecule has 0 bridgehead atoms. The van der Waals surface area contributed by atoms with Crippen molar-refractivity contribution >= 4 is 5.91 Å². The van der Waals surface area contributed by atoms with Gasteiger partial charge in [0.25, 0.3) is 5.91 Å². The first-order valence-electron chi connectivity index (χ1n) is 9.09. The molecule has 0 N–H and O–H groups in total. The number of hydrogen-bond acceptors (Lipinski definition) is 6. The SMILES string of the molecule is O=C(COc1ccc2c(c1)OCO2)N1CCC[C@H](OCc2cccnc2)C1. The summed E-state index contributed by atoms with van der Waals surface area (Å²) >= 11 is 0. The third kappa shape index (κ3) is 4.49. The second-order valence-corrected chi connectivity index (χ2v) is 6.58. The van der Waals surface area contributed by atoms with Crippen LogP contribution in [0.15, 0.2) is 42.7 Å². The number of aromatic nitrogens is 1. The van der Waals surface area contributed by atoms with E-state index in [2.05, 4.69) is 4.98 Å². The van der Waals surface area contributed by atoms with Crippen LogP contribution in [-0.4, -0.2) is 48.4 Å². The van der Waals surface area contributed by atoms with Crippen molar-refractivity contribution in [2.75, 3.05) is 26.5 Å². The van der Waals surface area contributed by atoms with Crippen molar-refractivity contribution in [2.45, 2.75) is 25.6 Å². The molecule has 0 spiro atoms. The fourth-order valence-corrected chi connectivity index (χ4v) is 3.20. The van der Waals surface area contributed by atoms with Gasteiger partial charge in [-0.25, -0.2) is 0 Å². The molecule has 1 saturated heterocycles. The van der Waals surface area contributed by atoms with Crippen molar-refractivity contribution in [3.8, 4) is 17.2 Å². The molecule has 2 aliphatic heterocycles. The maximum Gasteiger partial charge on any atom is 0.260 e. The third-order valence-corrected chi connectivity index (χ3v) is 4.65. The average molecular weight is 370 g/mol. The number of hydrogen-bond donors (Lipinski definition) is 0. The topological polar surface area (TPSA) is 70.1 Å². The molecule has 7 heteroatoms. The van der Waals surface area contributed by atoms with Crippen LogP contribution < -0.4 is 14.2 Å². The number of benzene rings is 1. The van der Waals surface area contributed by atoms with Crippen molar-refractivity contribution in [3.05, 3.63) is 48.3 Å². The molecular weight excluding hydrogens is 348 g/mol. The van der Waals surface area contributed by atoms with E-state index in [-0.39, 0.29) is 25.4 Å². The zero-order chi connectivity index (χ0) is 18.5. The second kappa shape index (κ2) is 8.26. The molecule has 0 radical (unpaired) electrons. The Hall–Kier alpha value is -2.80. The van der Waals surface area contributed by atoms with Gasteiger partial charge < -0.3 is 23.8 Å². The van der Waals surface area contributed by atoms with Gasteiger partial charge in [-0.3, -0.25) is 9.78 Å². The van der Waals surface area contributed by atoms with Gasteiger partial charge in [0.15, 0.2) is 18.1 Å². The van der Waals surface area contributed by atoms with Gasteiger partial charge in [-0.2, -0.15) is 0 Å². The minimum atomic E-state index is -0.0395. The molecule has 27 heavy (non-hydrogen) atoms. The zero-order valence-corrected chi connectivity index (χ0v) is 15.0. The number of piperidine rings is 1. The van der Waals surface area contributed by atoms with E-state index in [1.165, 1.54) is 0 Å². The molecule has 1 atom stereocenters. The first-order valence-corrected chi connectivity index (χ1v) is 9.09. The Morgan fingerprint density at radius 3 is 3.07 bits per heavy atom. The summed E-state index contributed by atoms with van der Waals surface area (Å²) in [6.45, 7) is 2.04. The average Bonchev–Trinajstić information content (AvgIpc) is 3.19. The van der Waals surface area contributed by atoms with Gasteiger partial charge in [0.2, 0.25) is 6.79 Å². The summed E-state index contributed by atoms with van der Waals surface area (Å²) in [4.78, 5) is 18.4. The molecule has 1 aromatic heterocycles. The Morgan fingerprint density at radius 2 is 2.19 bits per heavy atom. The van der Waals surface area contributed by atoms with Crippen LogP contribution in [0.2, 0.25) is 0 Å².